The molecule has 8 heteroatoms. The van der Waals surface area contributed by atoms with E-state index >= 15 is 0 Å². The van der Waals surface area contributed by atoms with Crippen molar-refractivity contribution in [3.63, 3.8) is 0 Å². The number of ether oxygens (including phenoxy) is 1. The molecule has 2 saturated heterocycles. The van der Waals surface area contributed by atoms with Gasteiger partial charge in [-0.05, 0) is 43.5 Å². The van der Waals surface area contributed by atoms with Crippen LogP contribution in [-0.2, 0) is 4.74 Å². The average molecular weight is 404 g/mol. The van der Waals surface area contributed by atoms with Gasteiger partial charge in [0.05, 0.1) is 18.8 Å². The zero-order valence-corrected chi connectivity index (χ0v) is 16.8. The molecule has 0 saturated carbocycles. The van der Waals surface area contributed by atoms with Crippen LogP contribution in [0.3, 0.4) is 0 Å². The molecule has 2 atom stereocenters. The molecule has 3 N–H and O–H groups in total. The first kappa shape index (κ1) is 19.2. The number of aliphatic hydroxyl groups is 1. The number of hydrogen-bond acceptors (Lipinski definition) is 7. The van der Waals surface area contributed by atoms with E-state index in [2.05, 4.69) is 25.8 Å². The number of aryl methyl sites for hydroxylation is 1. The normalized spacial score (nSPS) is 23.1. The minimum Gasteiger partial charge on any atom is -0.391 e. The van der Waals surface area contributed by atoms with Gasteiger partial charge in [0.1, 0.15) is 5.82 Å². The molecule has 150 valence electrons. The fraction of sp³-hybridized carbons (Fsp3) is 0.500. The highest BCUT2D eigenvalue weighted by Crippen LogP contribution is 2.36. The van der Waals surface area contributed by atoms with E-state index in [9.17, 15) is 5.11 Å². The van der Waals surface area contributed by atoms with Gasteiger partial charge in [0.2, 0.25) is 5.95 Å². The standard InChI is InChI=1S/C20H26ClN5O2/c1-13-9-19(24-20(22)23-13)26-6-2-8-28-12-18(26)16-10-14(3-4-17(16)21)25-7-5-15(27)11-25/h3-4,9-10,15,18,27H,2,5-8,11-12H2,1H3,(H2,22,23,24)/t15-,18+/m0/s1. The molecule has 0 bridgehead atoms. The minimum atomic E-state index is -0.274. The van der Waals surface area contributed by atoms with Crippen LogP contribution in [-0.4, -0.2) is 54.0 Å². The fourth-order valence-corrected chi connectivity index (χ4v) is 4.23. The third-order valence-corrected chi connectivity index (χ3v) is 5.70. The van der Waals surface area contributed by atoms with Gasteiger partial charge in [-0.25, -0.2) is 4.98 Å². The van der Waals surface area contributed by atoms with E-state index in [1.54, 1.807) is 0 Å². The number of nitrogen functional groups attached to an aromatic ring is 1. The van der Waals surface area contributed by atoms with Crippen LogP contribution in [0.15, 0.2) is 24.3 Å². The van der Waals surface area contributed by atoms with Crippen molar-refractivity contribution in [2.24, 2.45) is 0 Å². The van der Waals surface area contributed by atoms with Gasteiger partial charge >= 0.3 is 0 Å². The lowest BCUT2D eigenvalue weighted by atomic mass is 10.0. The Balaban J connectivity index is 1.71. The van der Waals surface area contributed by atoms with Crippen molar-refractivity contribution >= 4 is 29.1 Å². The van der Waals surface area contributed by atoms with Crippen LogP contribution >= 0.6 is 11.6 Å². The third kappa shape index (κ3) is 4.01. The molecular weight excluding hydrogens is 378 g/mol. The average Bonchev–Trinajstić information content (AvgIpc) is 2.94. The van der Waals surface area contributed by atoms with Crippen molar-refractivity contribution in [3.05, 3.63) is 40.5 Å². The summed E-state index contributed by atoms with van der Waals surface area (Å²) in [5.74, 6) is 1.06. The van der Waals surface area contributed by atoms with Crippen molar-refractivity contribution in [2.75, 3.05) is 48.4 Å². The molecule has 0 unspecified atom stereocenters. The zero-order valence-electron chi connectivity index (χ0n) is 16.0. The van der Waals surface area contributed by atoms with Crippen LogP contribution in [0.5, 0.6) is 0 Å². The topological polar surface area (TPSA) is 87.7 Å². The second-order valence-corrected chi connectivity index (χ2v) is 7.86. The Labute approximate surface area is 170 Å². The second-order valence-electron chi connectivity index (χ2n) is 7.46. The molecule has 1 aromatic heterocycles. The van der Waals surface area contributed by atoms with E-state index in [-0.39, 0.29) is 18.1 Å². The summed E-state index contributed by atoms with van der Waals surface area (Å²) >= 11 is 6.63. The lowest BCUT2D eigenvalue weighted by Gasteiger charge is -2.32. The molecular formula is C20H26ClN5O2. The molecule has 0 aliphatic carbocycles. The van der Waals surface area contributed by atoms with Gasteiger partial charge in [0.25, 0.3) is 0 Å². The maximum absolute atomic E-state index is 9.89. The Hall–Kier alpha value is -2.09. The monoisotopic (exact) mass is 403 g/mol. The molecule has 1 aromatic carbocycles. The number of anilines is 3. The number of nitrogens with two attached hydrogens (primary N) is 1. The van der Waals surface area contributed by atoms with Crippen LogP contribution < -0.4 is 15.5 Å². The van der Waals surface area contributed by atoms with Crippen molar-refractivity contribution in [1.82, 2.24) is 9.97 Å². The van der Waals surface area contributed by atoms with Crippen molar-refractivity contribution in [1.29, 1.82) is 0 Å². The number of nitrogens with zero attached hydrogens (tertiary/aromatic N) is 4. The summed E-state index contributed by atoms with van der Waals surface area (Å²) in [6.07, 6.45) is 1.41. The smallest absolute Gasteiger partial charge is 0.222 e. The van der Waals surface area contributed by atoms with Gasteiger partial charge in [-0.3, -0.25) is 0 Å². The first-order valence-electron chi connectivity index (χ1n) is 9.69. The highest BCUT2D eigenvalue weighted by atomic mass is 35.5. The maximum atomic E-state index is 9.89. The molecule has 28 heavy (non-hydrogen) atoms. The van der Waals surface area contributed by atoms with Crippen LogP contribution in [0.1, 0.15) is 30.1 Å². The van der Waals surface area contributed by atoms with Gasteiger partial charge < -0.3 is 25.4 Å². The van der Waals surface area contributed by atoms with Crippen LogP contribution in [0.2, 0.25) is 5.02 Å². The Kier molecular flexibility index (Phi) is 5.57. The van der Waals surface area contributed by atoms with Gasteiger partial charge in [-0.2, -0.15) is 4.98 Å². The van der Waals surface area contributed by atoms with E-state index in [1.165, 1.54) is 0 Å². The summed E-state index contributed by atoms with van der Waals surface area (Å²) in [6, 6.07) is 7.93. The number of benzene rings is 1. The zero-order chi connectivity index (χ0) is 19.7. The SMILES string of the molecule is Cc1cc(N2CCCOC[C@@H]2c2cc(N3CC[C@H](O)C3)ccc2Cl)nc(N)n1. The van der Waals surface area contributed by atoms with E-state index in [0.717, 1.165) is 48.7 Å². The quantitative estimate of drug-likeness (QED) is 0.814. The molecule has 4 rings (SSSR count). The van der Waals surface area contributed by atoms with Crippen molar-refractivity contribution in [2.45, 2.75) is 31.9 Å². The van der Waals surface area contributed by atoms with Crippen molar-refractivity contribution in [3.8, 4) is 0 Å². The summed E-state index contributed by atoms with van der Waals surface area (Å²) in [6.45, 7) is 5.42. The summed E-state index contributed by atoms with van der Waals surface area (Å²) in [5.41, 5.74) is 8.80. The Morgan fingerprint density at radius 2 is 2.11 bits per heavy atom. The van der Waals surface area contributed by atoms with E-state index in [0.29, 0.717) is 24.8 Å². The highest BCUT2D eigenvalue weighted by molar-refractivity contribution is 6.31. The van der Waals surface area contributed by atoms with Crippen LogP contribution in [0.4, 0.5) is 17.5 Å². The number of β-amino-alcohol motifs (C(OH)–C–C–N with tert-alkyl or cyclic N) is 1. The van der Waals surface area contributed by atoms with Gasteiger partial charge in [-0.1, -0.05) is 11.6 Å². The Morgan fingerprint density at radius 3 is 2.86 bits per heavy atom. The van der Waals surface area contributed by atoms with Gasteiger partial charge in [0.15, 0.2) is 0 Å². The summed E-state index contributed by atoms with van der Waals surface area (Å²) in [7, 11) is 0. The minimum absolute atomic E-state index is 0.0730. The molecule has 7 nitrogen and oxygen atoms in total. The fourth-order valence-electron chi connectivity index (χ4n) is 3.99. The lowest BCUT2D eigenvalue weighted by Crippen LogP contribution is -2.32. The molecule has 2 aliphatic rings. The first-order chi connectivity index (χ1) is 13.5. The second kappa shape index (κ2) is 8.11. The Bertz CT molecular complexity index is 829. The molecule has 2 aliphatic heterocycles. The molecule has 3 heterocycles. The van der Waals surface area contributed by atoms with E-state index in [4.69, 9.17) is 22.1 Å². The number of aromatic nitrogens is 2. The number of halogens is 1. The van der Waals surface area contributed by atoms with Crippen LogP contribution in [0.25, 0.3) is 0 Å². The number of rotatable bonds is 3. The maximum Gasteiger partial charge on any atom is 0.222 e. The summed E-state index contributed by atoms with van der Waals surface area (Å²) in [5, 5.41) is 10.6. The lowest BCUT2D eigenvalue weighted by molar-refractivity contribution is 0.134. The molecule has 0 amide bonds. The summed E-state index contributed by atoms with van der Waals surface area (Å²) in [4.78, 5) is 13.1. The number of aliphatic hydroxyl groups excluding tert-OH is 1. The third-order valence-electron chi connectivity index (χ3n) is 5.36. The van der Waals surface area contributed by atoms with Crippen LogP contribution in [0, 0.1) is 6.92 Å². The number of hydrogen-bond donors (Lipinski definition) is 2. The first-order valence-corrected chi connectivity index (χ1v) is 10.1. The largest absolute Gasteiger partial charge is 0.391 e. The highest BCUT2D eigenvalue weighted by Gasteiger charge is 2.28. The van der Waals surface area contributed by atoms with E-state index in [1.807, 2.05) is 25.1 Å². The molecule has 0 radical (unpaired) electrons. The van der Waals surface area contributed by atoms with Gasteiger partial charge in [0, 0.05) is 48.7 Å². The predicted molar refractivity (Wildman–Crippen MR) is 111 cm³/mol. The van der Waals surface area contributed by atoms with Crippen molar-refractivity contribution < 1.29 is 9.84 Å². The Morgan fingerprint density at radius 1 is 1.25 bits per heavy atom. The van der Waals surface area contributed by atoms with E-state index < -0.39 is 0 Å². The predicted octanol–water partition coefficient (Wildman–Crippen LogP) is 2.56. The molecule has 2 aromatic rings. The van der Waals surface area contributed by atoms with Gasteiger partial charge in [-0.15, -0.1) is 0 Å². The molecule has 2 fully saturated rings. The molecule has 0 spiro atoms. The summed E-state index contributed by atoms with van der Waals surface area (Å²) < 4.78 is 5.88.